The topological polar surface area (TPSA) is 74.2 Å². The number of carbonyl (C=O) groups excluding carboxylic acids is 2. The van der Waals surface area contributed by atoms with Crippen LogP contribution in [0, 0.1) is 3.57 Å². The SMILES string of the molecule is CCC(=O)Oc1c(Cl)cc(/C=C2\N=C(c3ccc(I)cc3)OC2=O)cc1OC. The molecular formula is C20H15ClINO5. The van der Waals surface area contributed by atoms with Gasteiger partial charge >= 0.3 is 11.9 Å². The Balaban J connectivity index is 1.94. The van der Waals surface area contributed by atoms with E-state index in [9.17, 15) is 9.59 Å². The van der Waals surface area contributed by atoms with Gasteiger partial charge in [0.15, 0.2) is 17.2 Å². The van der Waals surface area contributed by atoms with Crippen molar-refractivity contribution in [2.45, 2.75) is 13.3 Å². The van der Waals surface area contributed by atoms with Crippen LogP contribution in [0.1, 0.15) is 24.5 Å². The molecule has 0 bridgehead atoms. The first-order valence-electron chi connectivity index (χ1n) is 8.28. The molecule has 0 saturated carbocycles. The quantitative estimate of drug-likeness (QED) is 0.254. The first-order valence-corrected chi connectivity index (χ1v) is 9.73. The third-order valence-corrected chi connectivity index (χ3v) is 4.77. The second kappa shape index (κ2) is 8.74. The van der Waals surface area contributed by atoms with Gasteiger partial charge in [-0.15, -0.1) is 0 Å². The molecule has 1 heterocycles. The van der Waals surface area contributed by atoms with E-state index in [1.807, 2.05) is 24.3 Å². The van der Waals surface area contributed by atoms with E-state index < -0.39 is 11.9 Å². The lowest BCUT2D eigenvalue weighted by molar-refractivity contribution is -0.134. The van der Waals surface area contributed by atoms with Crippen LogP contribution in [0.25, 0.3) is 6.08 Å². The number of carbonyl (C=O) groups is 2. The van der Waals surface area contributed by atoms with Gasteiger partial charge in [0.1, 0.15) is 0 Å². The lowest BCUT2D eigenvalue weighted by Gasteiger charge is -2.11. The van der Waals surface area contributed by atoms with E-state index in [1.54, 1.807) is 19.1 Å². The van der Waals surface area contributed by atoms with E-state index in [0.717, 1.165) is 3.57 Å². The molecule has 0 N–H and O–H groups in total. The molecule has 0 spiro atoms. The lowest BCUT2D eigenvalue weighted by Crippen LogP contribution is -2.07. The molecule has 8 heteroatoms. The van der Waals surface area contributed by atoms with E-state index in [1.165, 1.54) is 13.2 Å². The van der Waals surface area contributed by atoms with Gasteiger partial charge in [-0.2, -0.15) is 0 Å². The van der Waals surface area contributed by atoms with Crippen LogP contribution in [-0.2, 0) is 14.3 Å². The van der Waals surface area contributed by atoms with Gasteiger partial charge in [-0.05, 0) is 70.6 Å². The Kier molecular flexibility index (Phi) is 6.35. The van der Waals surface area contributed by atoms with E-state index in [0.29, 0.717) is 11.1 Å². The monoisotopic (exact) mass is 511 g/mol. The van der Waals surface area contributed by atoms with E-state index in [4.69, 9.17) is 25.8 Å². The van der Waals surface area contributed by atoms with Crippen LogP contribution in [0.15, 0.2) is 47.1 Å². The Morgan fingerprint density at radius 1 is 1.29 bits per heavy atom. The molecule has 3 rings (SSSR count). The van der Waals surface area contributed by atoms with Gasteiger partial charge in [0, 0.05) is 15.6 Å². The predicted molar refractivity (Wildman–Crippen MR) is 114 cm³/mol. The molecule has 2 aromatic rings. The van der Waals surface area contributed by atoms with Gasteiger partial charge in [0.2, 0.25) is 5.90 Å². The average Bonchev–Trinajstić information content (AvgIpc) is 3.04. The van der Waals surface area contributed by atoms with Crippen molar-refractivity contribution in [3.05, 3.63) is 61.8 Å². The van der Waals surface area contributed by atoms with Crippen LogP contribution in [0.3, 0.4) is 0 Å². The molecule has 0 radical (unpaired) electrons. The predicted octanol–water partition coefficient (Wildman–Crippen LogP) is 4.61. The molecule has 1 aliphatic heterocycles. The molecular weight excluding hydrogens is 497 g/mol. The van der Waals surface area contributed by atoms with Gasteiger partial charge < -0.3 is 14.2 Å². The Morgan fingerprint density at radius 2 is 2.00 bits per heavy atom. The van der Waals surface area contributed by atoms with Gasteiger partial charge in [0.25, 0.3) is 0 Å². The Hall–Kier alpha value is -2.39. The molecule has 28 heavy (non-hydrogen) atoms. The molecule has 0 atom stereocenters. The van der Waals surface area contributed by atoms with Crippen LogP contribution in [0.5, 0.6) is 11.5 Å². The number of hydrogen-bond acceptors (Lipinski definition) is 6. The standard InChI is InChI=1S/C20H15ClINO5/c1-3-17(24)27-18-14(21)8-11(10-16(18)26-2)9-15-20(25)28-19(23-15)12-4-6-13(22)7-5-12/h4-10H,3H2,1-2H3/b15-9-. The summed E-state index contributed by atoms with van der Waals surface area (Å²) in [5.74, 6) is -0.355. The number of cyclic esters (lactones) is 1. The molecule has 1 aliphatic rings. The van der Waals surface area contributed by atoms with Crippen LogP contribution in [0.4, 0.5) is 0 Å². The first-order chi connectivity index (χ1) is 13.4. The van der Waals surface area contributed by atoms with Crippen molar-refractivity contribution in [3.63, 3.8) is 0 Å². The zero-order chi connectivity index (χ0) is 20.3. The van der Waals surface area contributed by atoms with Crippen molar-refractivity contribution < 1.29 is 23.8 Å². The number of ether oxygens (including phenoxy) is 3. The Labute approximate surface area is 180 Å². The van der Waals surface area contributed by atoms with Crippen molar-refractivity contribution in [2.75, 3.05) is 7.11 Å². The number of aliphatic imine (C=N–C) groups is 1. The Morgan fingerprint density at radius 3 is 2.64 bits per heavy atom. The van der Waals surface area contributed by atoms with Crippen LogP contribution in [-0.4, -0.2) is 24.9 Å². The number of rotatable bonds is 5. The fourth-order valence-corrected chi connectivity index (χ4v) is 3.01. The van der Waals surface area contributed by atoms with Crippen molar-refractivity contribution in [3.8, 4) is 11.5 Å². The van der Waals surface area contributed by atoms with E-state index in [2.05, 4.69) is 27.6 Å². The maximum atomic E-state index is 12.2. The molecule has 0 amide bonds. The minimum Gasteiger partial charge on any atom is -0.493 e. The lowest BCUT2D eigenvalue weighted by atomic mass is 10.1. The number of esters is 2. The molecule has 0 unspecified atom stereocenters. The highest BCUT2D eigenvalue weighted by Crippen LogP contribution is 2.37. The van der Waals surface area contributed by atoms with Crippen LogP contribution >= 0.6 is 34.2 Å². The van der Waals surface area contributed by atoms with Gasteiger partial charge in [0.05, 0.1) is 12.1 Å². The first kappa shape index (κ1) is 20.3. The highest BCUT2D eigenvalue weighted by Gasteiger charge is 2.24. The summed E-state index contributed by atoms with van der Waals surface area (Å²) in [4.78, 5) is 28.0. The summed E-state index contributed by atoms with van der Waals surface area (Å²) in [5, 5.41) is 0.182. The maximum Gasteiger partial charge on any atom is 0.363 e. The van der Waals surface area contributed by atoms with Gasteiger partial charge in [-0.1, -0.05) is 18.5 Å². The summed E-state index contributed by atoms with van der Waals surface area (Å²) < 4.78 is 16.8. The summed E-state index contributed by atoms with van der Waals surface area (Å²) >= 11 is 8.43. The van der Waals surface area contributed by atoms with E-state index >= 15 is 0 Å². The number of methoxy groups -OCH3 is 1. The summed E-state index contributed by atoms with van der Waals surface area (Å²) in [6.07, 6.45) is 1.73. The van der Waals surface area contributed by atoms with Crippen LogP contribution in [0.2, 0.25) is 5.02 Å². The van der Waals surface area contributed by atoms with Crippen molar-refractivity contribution in [1.29, 1.82) is 0 Å². The Bertz CT molecular complexity index is 998. The number of nitrogens with zero attached hydrogens (tertiary/aromatic N) is 1. The molecule has 0 aromatic heterocycles. The molecule has 0 aliphatic carbocycles. The van der Waals surface area contributed by atoms with Crippen molar-refractivity contribution >= 4 is 58.1 Å². The summed E-state index contributed by atoms with van der Waals surface area (Å²) in [7, 11) is 1.43. The molecule has 144 valence electrons. The second-order valence-corrected chi connectivity index (χ2v) is 7.36. The largest absolute Gasteiger partial charge is 0.493 e. The zero-order valence-electron chi connectivity index (χ0n) is 15.0. The minimum absolute atomic E-state index is 0.130. The maximum absolute atomic E-state index is 12.2. The van der Waals surface area contributed by atoms with Gasteiger partial charge in [-0.25, -0.2) is 9.79 Å². The van der Waals surface area contributed by atoms with Crippen LogP contribution < -0.4 is 9.47 Å². The van der Waals surface area contributed by atoms with Gasteiger partial charge in [-0.3, -0.25) is 4.79 Å². The molecule has 6 nitrogen and oxygen atoms in total. The summed E-state index contributed by atoms with van der Waals surface area (Å²) in [5.41, 5.74) is 1.39. The number of halogens is 2. The molecule has 2 aromatic carbocycles. The minimum atomic E-state index is -0.565. The fourth-order valence-electron chi connectivity index (χ4n) is 2.39. The highest BCUT2D eigenvalue weighted by atomic mass is 127. The van der Waals surface area contributed by atoms with Crippen molar-refractivity contribution in [2.24, 2.45) is 4.99 Å². The zero-order valence-corrected chi connectivity index (χ0v) is 17.9. The summed E-state index contributed by atoms with van der Waals surface area (Å²) in [6, 6.07) is 10.6. The molecule has 0 fully saturated rings. The average molecular weight is 512 g/mol. The third-order valence-electron chi connectivity index (χ3n) is 3.77. The summed E-state index contributed by atoms with van der Waals surface area (Å²) in [6.45, 7) is 1.68. The smallest absolute Gasteiger partial charge is 0.363 e. The number of hydrogen-bond donors (Lipinski definition) is 0. The fraction of sp³-hybridized carbons (Fsp3) is 0.150. The normalized spacial score (nSPS) is 14.6. The molecule has 0 saturated heterocycles. The third kappa shape index (κ3) is 4.53. The second-order valence-electron chi connectivity index (χ2n) is 5.70. The highest BCUT2D eigenvalue weighted by molar-refractivity contribution is 14.1. The number of benzene rings is 2. The van der Waals surface area contributed by atoms with E-state index in [-0.39, 0.29) is 34.5 Å². The van der Waals surface area contributed by atoms with Crippen molar-refractivity contribution in [1.82, 2.24) is 0 Å².